The molecule has 2 fully saturated rings. The number of hydrogen-bond acceptors (Lipinski definition) is 3. The average Bonchev–Trinajstić information content (AvgIpc) is 3.06. The highest BCUT2D eigenvalue weighted by molar-refractivity contribution is 5.83. The minimum atomic E-state index is 0.00402. The van der Waals surface area contributed by atoms with Gasteiger partial charge in [0.2, 0.25) is 5.91 Å². The van der Waals surface area contributed by atoms with Gasteiger partial charge in [-0.3, -0.25) is 10.1 Å². The molecule has 3 rings (SSSR count). The second kappa shape index (κ2) is 6.58. The van der Waals surface area contributed by atoms with Crippen molar-refractivity contribution in [2.75, 3.05) is 33.4 Å². The van der Waals surface area contributed by atoms with Crippen molar-refractivity contribution in [3.8, 4) is 0 Å². The minimum absolute atomic E-state index is 0.00402. The molecular formula is C17H25N3O. The second-order valence-electron chi connectivity index (χ2n) is 6.42. The largest absolute Gasteiger partial charge is 0.328 e. The molecule has 114 valence electrons. The van der Waals surface area contributed by atoms with E-state index in [-0.39, 0.29) is 6.04 Å². The van der Waals surface area contributed by atoms with Crippen LogP contribution in [0.25, 0.3) is 0 Å². The van der Waals surface area contributed by atoms with Crippen LogP contribution >= 0.6 is 0 Å². The van der Waals surface area contributed by atoms with Crippen molar-refractivity contribution in [1.29, 1.82) is 0 Å². The van der Waals surface area contributed by atoms with Gasteiger partial charge in [0.25, 0.3) is 0 Å². The van der Waals surface area contributed by atoms with Gasteiger partial charge in [-0.2, -0.15) is 0 Å². The number of rotatable bonds is 5. The molecule has 1 aromatic carbocycles. The third-order valence-corrected chi connectivity index (χ3v) is 4.67. The maximum atomic E-state index is 12.4. The predicted octanol–water partition coefficient (Wildman–Crippen LogP) is 1.33. The normalized spacial score (nSPS) is 26.7. The van der Waals surface area contributed by atoms with Gasteiger partial charge in [-0.15, -0.1) is 0 Å². The van der Waals surface area contributed by atoms with E-state index in [1.54, 1.807) is 0 Å². The topological polar surface area (TPSA) is 35.6 Å². The Kier molecular flexibility index (Phi) is 4.56. The first kappa shape index (κ1) is 14.5. The van der Waals surface area contributed by atoms with Gasteiger partial charge in [0.15, 0.2) is 0 Å². The average molecular weight is 287 g/mol. The van der Waals surface area contributed by atoms with Crippen LogP contribution in [-0.2, 0) is 11.2 Å². The Morgan fingerprint density at radius 1 is 1.29 bits per heavy atom. The first-order valence-electron chi connectivity index (χ1n) is 7.97. The summed E-state index contributed by atoms with van der Waals surface area (Å²) in [6.45, 7) is 3.92. The molecule has 0 aromatic heterocycles. The molecule has 1 aromatic rings. The molecule has 2 heterocycles. The van der Waals surface area contributed by atoms with Crippen LogP contribution in [0.4, 0.5) is 0 Å². The molecule has 2 aliphatic heterocycles. The predicted molar refractivity (Wildman–Crippen MR) is 83.9 cm³/mol. The van der Waals surface area contributed by atoms with Crippen LogP contribution in [0.5, 0.6) is 0 Å². The number of nitrogens with one attached hydrogen (secondary N) is 1. The lowest BCUT2D eigenvalue weighted by atomic mass is 10.0. The van der Waals surface area contributed by atoms with E-state index < -0.39 is 0 Å². The first-order chi connectivity index (χ1) is 10.2. The summed E-state index contributed by atoms with van der Waals surface area (Å²) in [4.78, 5) is 16.8. The molecule has 21 heavy (non-hydrogen) atoms. The van der Waals surface area contributed by atoms with Crippen LogP contribution < -0.4 is 5.32 Å². The lowest BCUT2D eigenvalue weighted by Gasteiger charge is -2.20. The van der Waals surface area contributed by atoms with Crippen molar-refractivity contribution >= 4 is 5.91 Å². The quantitative estimate of drug-likeness (QED) is 0.887. The number of amides is 1. The van der Waals surface area contributed by atoms with Gasteiger partial charge in [0.05, 0.1) is 12.7 Å². The Morgan fingerprint density at radius 2 is 2.10 bits per heavy atom. The number of hydrogen-bond donors (Lipinski definition) is 1. The molecule has 2 aliphatic rings. The van der Waals surface area contributed by atoms with E-state index in [4.69, 9.17) is 0 Å². The molecule has 2 saturated heterocycles. The lowest BCUT2D eigenvalue weighted by Crippen LogP contribution is -2.34. The summed E-state index contributed by atoms with van der Waals surface area (Å²) in [6, 6.07) is 10.4. The molecule has 1 amide bonds. The number of likely N-dealkylation sites (tertiary alicyclic amines) is 1. The van der Waals surface area contributed by atoms with E-state index in [0.29, 0.717) is 11.8 Å². The summed E-state index contributed by atoms with van der Waals surface area (Å²) in [5.74, 6) is 0.939. The zero-order chi connectivity index (χ0) is 14.7. The lowest BCUT2D eigenvalue weighted by molar-refractivity contribution is -0.129. The Balaban J connectivity index is 1.47. The number of carbonyl (C=O) groups is 1. The molecule has 0 spiro atoms. The van der Waals surface area contributed by atoms with Crippen molar-refractivity contribution in [3.63, 3.8) is 0 Å². The third-order valence-electron chi connectivity index (χ3n) is 4.67. The molecule has 2 unspecified atom stereocenters. The molecule has 0 saturated carbocycles. The van der Waals surface area contributed by atoms with Crippen molar-refractivity contribution in [1.82, 2.24) is 15.1 Å². The summed E-state index contributed by atoms with van der Waals surface area (Å²) in [6.07, 6.45) is 3.07. The third kappa shape index (κ3) is 3.63. The maximum Gasteiger partial charge on any atom is 0.240 e. The molecule has 0 aliphatic carbocycles. The van der Waals surface area contributed by atoms with E-state index in [2.05, 4.69) is 41.5 Å². The highest BCUT2D eigenvalue weighted by atomic mass is 16.2. The Morgan fingerprint density at radius 3 is 2.81 bits per heavy atom. The summed E-state index contributed by atoms with van der Waals surface area (Å²) in [5.41, 5.74) is 1.31. The molecule has 1 N–H and O–H groups in total. The van der Waals surface area contributed by atoms with Gasteiger partial charge >= 0.3 is 0 Å². The minimum Gasteiger partial charge on any atom is -0.328 e. The summed E-state index contributed by atoms with van der Waals surface area (Å²) >= 11 is 0. The first-order valence-corrected chi connectivity index (χ1v) is 7.97. The number of nitrogens with zero attached hydrogens (tertiary/aromatic N) is 2. The second-order valence-corrected chi connectivity index (χ2v) is 6.42. The Bertz CT molecular complexity index is 476. The molecule has 2 atom stereocenters. The van der Waals surface area contributed by atoms with Gasteiger partial charge in [0.1, 0.15) is 0 Å². The fourth-order valence-electron chi connectivity index (χ4n) is 3.43. The summed E-state index contributed by atoms with van der Waals surface area (Å²) < 4.78 is 0. The Labute approximate surface area is 127 Å². The maximum absolute atomic E-state index is 12.4. The molecule has 0 bridgehead atoms. The molecule has 4 nitrogen and oxygen atoms in total. The van der Waals surface area contributed by atoms with Crippen LogP contribution in [0.15, 0.2) is 30.3 Å². The van der Waals surface area contributed by atoms with E-state index >= 15 is 0 Å². The van der Waals surface area contributed by atoms with Crippen LogP contribution in [0.2, 0.25) is 0 Å². The van der Waals surface area contributed by atoms with Crippen molar-refractivity contribution in [3.05, 3.63) is 35.9 Å². The van der Waals surface area contributed by atoms with Gasteiger partial charge in [0, 0.05) is 13.1 Å². The highest BCUT2D eigenvalue weighted by Gasteiger charge is 2.33. The highest BCUT2D eigenvalue weighted by Crippen LogP contribution is 2.18. The summed E-state index contributed by atoms with van der Waals surface area (Å²) in [7, 11) is 2.16. The van der Waals surface area contributed by atoms with Gasteiger partial charge in [-0.05, 0) is 44.3 Å². The van der Waals surface area contributed by atoms with Crippen molar-refractivity contribution in [2.24, 2.45) is 5.92 Å². The fraction of sp³-hybridized carbons (Fsp3) is 0.588. The van der Waals surface area contributed by atoms with Gasteiger partial charge in [-0.1, -0.05) is 30.3 Å². The van der Waals surface area contributed by atoms with E-state index in [1.165, 1.54) is 12.0 Å². The monoisotopic (exact) mass is 287 g/mol. The molecular weight excluding hydrogens is 262 g/mol. The zero-order valence-corrected chi connectivity index (χ0v) is 12.8. The van der Waals surface area contributed by atoms with Crippen molar-refractivity contribution < 1.29 is 4.79 Å². The number of aryl methyl sites for hydroxylation is 1. The van der Waals surface area contributed by atoms with Gasteiger partial charge in [-0.25, -0.2) is 0 Å². The Hall–Kier alpha value is -1.39. The number of carbonyl (C=O) groups excluding carboxylic acids is 1. The molecule has 0 radical (unpaired) electrons. The van der Waals surface area contributed by atoms with E-state index in [1.807, 2.05) is 11.0 Å². The van der Waals surface area contributed by atoms with Gasteiger partial charge < -0.3 is 9.80 Å². The van der Waals surface area contributed by atoms with Crippen LogP contribution in [0, 0.1) is 5.92 Å². The standard InChI is InChI=1S/C17H25N3O/c1-19-10-9-15(11-19)12-20-13-18-16(17(20)21)8-7-14-5-3-2-4-6-14/h2-6,15-16,18H,7-13H2,1H3. The fourth-order valence-corrected chi connectivity index (χ4v) is 3.43. The molecule has 4 heteroatoms. The van der Waals surface area contributed by atoms with Crippen LogP contribution in [0.3, 0.4) is 0 Å². The SMILES string of the molecule is CN1CCC(CN2CNC(CCc3ccccc3)C2=O)C1. The van der Waals surface area contributed by atoms with E-state index in [9.17, 15) is 4.79 Å². The van der Waals surface area contributed by atoms with E-state index in [0.717, 1.165) is 39.1 Å². The van der Waals surface area contributed by atoms with Crippen LogP contribution in [-0.4, -0.2) is 55.1 Å². The zero-order valence-electron chi connectivity index (χ0n) is 12.8. The smallest absolute Gasteiger partial charge is 0.240 e. The number of benzene rings is 1. The summed E-state index contributed by atoms with van der Waals surface area (Å²) in [5, 5.41) is 3.37. The van der Waals surface area contributed by atoms with Crippen LogP contribution in [0.1, 0.15) is 18.4 Å². The van der Waals surface area contributed by atoms with Crippen molar-refractivity contribution in [2.45, 2.75) is 25.3 Å².